The van der Waals surface area contributed by atoms with Crippen LogP contribution in [0.2, 0.25) is 0 Å². The number of rotatable bonds is 13. The van der Waals surface area contributed by atoms with Gasteiger partial charge in [-0.25, -0.2) is 9.18 Å². The first-order valence-electron chi connectivity index (χ1n) is 12.1. The molecule has 0 bridgehead atoms. The number of halogens is 1. The van der Waals surface area contributed by atoms with Crippen LogP contribution in [0, 0.1) is 24.1 Å². The Morgan fingerprint density at radius 3 is 2.53 bits per heavy atom. The van der Waals surface area contributed by atoms with Crippen LogP contribution in [0.1, 0.15) is 27.0 Å². The van der Waals surface area contributed by atoms with Gasteiger partial charge in [0.2, 0.25) is 5.91 Å². The summed E-state index contributed by atoms with van der Waals surface area (Å²) in [4.78, 5) is 25.2. The highest BCUT2D eigenvalue weighted by molar-refractivity contribution is 5.89. The number of anilines is 1. The molecule has 38 heavy (non-hydrogen) atoms. The second-order valence-electron chi connectivity index (χ2n) is 8.69. The van der Waals surface area contributed by atoms with Crippen molar-refractivity contribution in [3.8, 4) is 6.07 Å². The number of aryl methyl sites for hydroxylation is 1. The molecule has 0 aliphatic rings. The second-order valence-corrected chi connectivity index (χ2v) is 8.69. The number of nitriles is 1. The van der Waals surface area contributed by atoms with E-state index in [1.54, 1.807) is 36.4 Å². The van der Waals surface area contributed by atoms with Crippen LogP contribution in [-0.4, -0.2) is 37.2 Å². The first kappa shape index (κ1) is 28.1. The summed E-state index contributed by atoms with van der Waals surface area (Å²) in [5.41, 5.74) is 3.68. The van der Waals surface area contributed by atoms with Gasteiger partial charge in [-0.3, -0.25) is 4.79 Å². The van der Waals surface area contributed by atoms with E-state index in [0.29, 0.717) is 17.7 Å². The molecule has 2 N–H and O–H groups in total. The summed E-state index contributed by atoms with van der Waals surface area (Å²) >= 11 is 0. The molecule has 3 aromatic carbocycles. The molecule has 0 aliphatic carbocycles. The largest absolute Gasteiger partial charge is 0.458 e. The smallest absolute Gasteiger partial charge is 0.338 e. The topological polar surface area (TPSA) is 100 Å². The van der Waals surface area contributed by atoms with E-state index < -0.39 is 24.0 Å². The number of amides is 1. The first-order valence-corrected chi connectivity index (χ1v) is 12.1. The van der Waals surface area contributed by atoms with Crippen molar-refractivity contribution in [1.29, 1.82) is 5.26 Å². The quantitative estimate of drug-likeness (QED) is 0.252. The Morgan fingerprint density at radius 1 is 1.08 bits per heavy atom. The Kier molecular flexibility index (Phi) is 10.6. The SMILES string of the molecule is C=CCOC(=O)c1cccc(COC[C@H](C#N)NC(=O)[C@H](Cc2cccc(C)c2)Nc2ccc(F)cc2)c1. The third kappa shape index (κ3) is 8.87. The van der Waals surface area contributed by atoms with Gasteiger partial charge in [0.25, 0.3) is 0 Å². The lowest BCUT2D eigenvalue weighted by Crippen LogP contribution is -2.46. The number of carbonyl (C=O) groups excluding carboxylic acids is 2. The predicted octanol–water partition coefficient (Wildman–Crippen LogP) is 4.73. The van der Waals surface area contributed by atoms with E-state index in [9.17, 15) is 19.2 Å². The normalized spacial score (nSPS) is 12.0. The second kappa shape index (κ2) is 14.3. The maximum atomic E-state index is 13.4. The van der Waals surface area contributed by atoms with Gasteiger partial charge in [-0.2, -0.15) is 5.26 Å². The lowest BCUT2D eigenvalue weighted by Gasteiger charge is -2.22. The molecule has 196 valence electrons. The summed E-state index contributed by atoms with van der Waals surface area (Å²) in [5.74, 6) is -1.24. The van der Waals surface area contributed by atoms with Gasteiger partial charge in [0.05, 0.1) is 24.8 Å². The number of hydrogen-bond acceptors (Lipinski definition) is 6. The zero-order valence-corrected chi connectivity index (χ0v) is 21.2. The Hall–Kier alpha value is -4.48. The molecule has 0 radical (unpaired) electrons. The molecule has 0 saturated carbocycles. The van der Waals surface area contributed by atoms with Gasteiger partial charge >= 0.3 is 5.97 Å². The molecular weight excluding hydrogens is 485 g/mol. The molecule has 1 amide bonds. The molecule has 0 aromatic heterocycles. The summed E-state index contributed by atoms with van der Waals surface area (Å²) in [6, 6.07) is 20.7. The van der Waals surface area contributed by atoms with Crippen molar-refractivity contribution in [2.45, 2.75) is 32.0 Å². The van der Waals surface area contributed by atoms with Gasteiger partial charge in [0, 0.05) is 12.1 Å². The lowest BCUT2D eigenvalue weighted by molar-refractivity contribution is -0.122. The number of carbonyl (C=O) groups is 2. The number of nitrogens with zero attached hydrogens (tertiary/aromatic N) is 1. The van der Waals surface area contributed by atoms with E-state index in [1.807, 2.05) is 31.2 Å². The van der Waals surface area contributed by atoms with Crippen LogP contribution in [0.5, 0.6) is 0 Å². The van der Waals surface area contributed by atoms with E-state index >= 15 is 0 Å². The fraction of sp³-hybridized carbons (Fsp3) is 0.233. The molecule has 2 atom stereocenters. The minimum Gasteiger partial charge on any atom is -0.458 e. The zero-order chi connectivity index (χ0) is 27.3. The van der Waals surface area contributed by atoms with Crippen molar-refractivity contribution >= 4 is 17.6 Å². The maximum Gasteiger partial charge on any atom is 0.338 e. The lowest BCUT2D eigenvalue weighted by atomic mass is 10.0. The van der Waals surface area contributed by atoms with Crippen LogP contribution in [0.15, 0.2) is 85.5 Å². The number of benzene rings is 3. The summed E-state index contributed by atoms with van der Waals surface area (Å²) in [5, 5.41) is 15.5. The Balaban J connectivity index is 1.61. The predicted molar refractivity (Wildman–Crippen MR) is 143 cm³/mol. The highest BCUT2D eigenvalue weighted by Gasteiger charge is 2.22. The fourth-order valence-electron chi connectivity index (χ4n) is 3.72. The molecule has 0 spiro atoms. The summed E-state index contributed by atoms with van der Waals surface area (Å²) in [6.45, 7) is 5.68. The van der Waals surface area contributed by atoms with Crippen LogP contribution in [0.3, 0.4) is 0 Å². The molecule has 0 fully saturated rings. The van der Waals surface area contributed by atoms with Crippen LogP contribution < -0.4 is 10.6 Å². The van der Waals surface area contributed by atoms with Gasteiger partial charge in [-0.15, -0.1) is 0 Å². The molecule has 0 saturated heterocycles. The van der Waals surface area contributed by atoms with E-state index in [2.05, 4.69) is 23.3 Å². The Labute approximate surface area is 221 Å². The molecular formula is C30H30FN3O4. The van der Waals surface area contributed by atoms with E-state index in [0.717, 1.165) is 16.7 Å². The average molecular weight is 516 g/mol. The van der Waals surface area contributed by atoms with Crippen LogP contribution in [0.25, 0.3) is 0 Å². The minimum absolute atomic E-state index is 0.0545. The van der Waals surface area contributed by atoms with Crippen LogP contribution >= 0.6 is 0 Å². The highest BCUT2D eigenvalue weighted by atomic mass is 19.1. The van der Waals surface area contributed by atoms with Crippen molar-refractivity contribution in [2.75, 3.05) is 18.5 Å². The summed E-state index contributed by atoms with van der Waals surface area (Å²) < 4.78 is 24.1. The maximum absolute atomic E-state index is 13.4. The van der Waals surface area contributed by atoms with Crippen molar-refractivity contribution < 1.29 is 23.5 Å². The van der Waals surface area contributed by atoms with Crippen molar-refractivity contribution in [3.63, 3.8) is 0 Å². The fourth-order valence-corrected chi connectivity index (χ4v) is 3.72. The zero-order valence-electron chi connectivity index (χ0n) is 21.2. The van der Waals surface area contributed by atoms with Crippen LogP contribution in [0.4, 0.5) is 10.1 Å². The third-order valence-corrected chi connectivity index (χ3v) is 5.54. The summed E-state index contributed by atoms with van der Waals surface area (Å²) in [7, 11) is 0. The molecule has 0 unspecified atom stereocenters. The van der Waals surface area contributed by atoms with Gasteiger partial charge in [0.1, 0.15) is 24.5 Å². The van der Waals surface area contributed by atoms with E-state index in [1.165, 1.54) is 18.2 Å². The molecule has 8 heteroatoms. The summed E-state index contributed by atoms with van der Waals surface area (Å²) in [6.07, 6.45) is 1.85. The number of ether oxygens (including phenoxy) is 2. The third-order valence-electron chi connectivity index (χ3n) is 5.54. The molecule has 3 aromatic rings. The number of esters is 1. The monoisotopic (exact) mass is 515 g/mol. The first-order chi connectivity index (χ1) is 18.4. The molecule has 3 rings (SSSR count). The molecule has 0 aliphatic heterocycles. The highest BCUT2D eigenvalue weighted by Crippen LogP contribution is 2.14. The van der Waals surface area contributed by atoms with E-state index in [-0.39, 0.29) is 25.6 Å². The molecule has 7 nitrogen and oxygen atoms in total. The minimum atomic E-state index is -0.904. The average Bonchev–Trinajstić information content (AvgIpc) is 2.92. The van der Waals surface area contributed by atoms with Crippen molar-refractivity contribution in [1.82, 2.24) is 5.32 Å². The van der Waals surface area contributed by atoms with Crippen molar-refractivity contribution in [3.05, 3.63) is 114 Å². The van der Waals surface area contributed by atoms with Gasteiger partial charge in [-0.05, 0) is 54.4 Å². The standard InChI is InChI=1S/C30H30FN3O4/c1-3-14-38-30(36)24-9-5-8-23(16-24)19-37-20-27(18-32)34-29(35)28(17-22-7-4-6-21(2)15-22)33-26-12-10-25(31)11-13-26/h3-13,15-16,27-28,33H,1,14,17,19-20H2,2H3,(H,34,35)/t27-,28-/m0/s1. The van der Waals surface area contributed by atoms with E-state index in [4.69, 9.17) is 9.47 Å². The van der Waals surface area contributed by atoms with Crippen LogP contribution in [-0.2, 0) is 27.3 Å². The molecule has 0 heterocycles. The Morgan fingerprint density at radius 2 is 1.82 bits per heavy atom. The van der Waals surface area contributed by atoms with Gasteiger partial charge < -0.3 is 20.1 Å². The number of hydrogen-bond donors (Lipinski definition) is 2. The van der Waals surface area contributed by atoms with Crippen molar-refractivity contribution in [2.24, 2.45) is 0 Å². The number of nitrogens with one attached hydrogen (secondary N) is 2. The van der Waals surface area contributed by atoms with Gasteiger partial charge in [0.15, 0.2) is 0 Å². The Bertz CT molecular complexity index is 1290. The van der Waals surface area contributed by atoms with Gasteiger partial charge in [-0.1, -0.05) is 54.6 Å².